The Morgan fingerprint density at radius 3 is 2.63 bits per heavy atom. The van der Waals surface area contributed by atoms with E-state index in [9.17, 15) is 0 Å². The maximum Gasteiger partial charge on any atom is 0.227 e. The fraction of sp³-hybridized carbons (Fsp3) is 0.391. The first-order valence-electron chi connectivity index (χ1n) is 10.2. The molecule has 4 heteroatoms. The summed E-state index contributed by atoms with van der Waals surface area (Å²) in [5.41, 5.74) is 5.06. The van der Waals surface area contributed by atoms with E-state index in [2.05, 4.69) is 38.4 Å². The molecule has 1 aromatic heterocycles. The van der Waals surface area contributed by atoms with Gasteiger partial charge in [0, 0.05) is 23.3 Å². The van der Waals surface area contributed by atoms with E-state index in [1.54, 1.807) is 0 Å². The largest absolute Gasteiger partial charge is 0.324 e. The highest BCUT2D eigenvalue weighted by Gasteiger charge is 2.24. The summed E-state index contributed by atoms with van der Waals surface area (Å²) in [6.45, 7) is 2.60. The second-order valence-corrected chi connectivity index (χ2v) is 7.84. The van der Waals surface area contributed by atoms with Crippen LogP contribution < -0.4 is 5.32 Å². The minimum absolute atomic E-state index is 0.664. The van der Waals surface area contributed by atoms with E-state index in [0.29, 0.717) is 5.95 Å². The molecule has 1 atom stereocenters. The number of hydrogen-bond acceptors (Lipinski definition) is 4. The summed E-state index contributed by atoms with van der Waals surface area (Å²) in [6, 6.07) is 15.6. The van der Waals surface area contributed by atoms with Gasteiger partial charge in [-0.1, -0.05) is 24.3 Å². The minimum atomic E-state index is 0.664. The number of nitrogens with one attached hydrogen (secondary N) is 1. The summed E-state index contributed by atoms with van der Waals surface area (Å²) in [4.78, 5) is 11.8. The molecule has 27 heavy (non-hydrogen) atoms. The Hall–Kier alpha value is -2.46. The molecule has 3 aromatic rings. The zero-order chi connectivity index (χ0) is 18.1. The summed E-state index contributed by atoms with van der Waals surface area (Å²) in [5, 5.41) is 4.47. The number of para-hydroxylation sites is 1. The molecule has 1 unspecified atom stereocenters. The molecule has 0 radical (unpaired) electrons. The molecule has 5 rings (SSSR count). The summed E-state index contributed by atoms with van der Waals surface area (Å²) in [7, 11) is 0. The van der Waals surface area contributed by atoms with E-state index in [4.69, 9.17) is 0 Å². The van der Waals surface area contributed by atoms with Crippen LogP contribution in [0, 0.1) is 0 Å². The molecule has 4 nitrogen and oxygen atoms in total. The van der Waals surface area contributed by atoms with Crippen LogP contribution in [-0.2, 0) is 12.8 Å². The maximum atomic E-state index is 4.64. The van der Waals surface area contributed by atoms with Gasteiger partial charge in [0.05, 0.1) is 5.52 Å². The molecule has 2 aromatic carbocycles. The number of aryl methyl sites for hydroxylation is 2. The molecule has 1 aliphatic heterocycles. The number of anilines is 2. The van der Waals surface area contributed by atoms with Crippen LogP contribution in [0.15, 0.2) is 48.7 Å². The van der Waals surface area contributed by atoms with Crippen LogP contribution in [0.4, 0.5) is 11.6 Å². The lowest BCUT2D eigenvalue weighted by Crippen LogP contribution is -2.32. The second-order valence-electron chi connectivity index (χ2n) is 7.84. The zero-order valence-electron chi connectivity index (χ0n) is 15.7. The number of rotatable bonds is 3. The topological polar surface area (TPSA) is 41.1 Å². The number of aromatic nitrogens is 2. The second kappa shape index (κ2) is 7.28. The average Bonchev–Trinajstić information content (AvgIpc) is 3.16. The molecule has 1 N–H and O–H groups in total. The lowest BCUT2D eigenvalue weighted by atomic mass is 10.0. The van der Waals surface area contributed by atoms with Gasteiger partial charge in [-0.2, -0.15) is 0 Å². The van der Waals surface area contributed by atoms with Gasteiger partial charge in [-0.05, 0) is 80.9 Å². The molecule has 0 saturated carbocycles. The van der Waals surface area contributed by atoms with Gasteiger partial charge < -0.3 is 10.2 Å². The molecular formula is C23H26N4. The van der Waals surface area contributed by atoms with Crippen molar-refractivity contribution in [3.8, 4) is 0 Å². The Morgan fingerprint density at radius 1 is 0.926 bits per heavy atom. The number of fused-ring (bicyclic) bond motifs is 2. The first kappa shape index (κ1) is 16.7. The predicted octanol–water partition coefficient (Wildman–Crippen LogP) is 4.72. The van der Waals surface area contributed by atoms with Crippen molar-refractivity contribution < 1.29 is 0 Å². The highest BCUT2D eigenvalue weighted by molar-refractivity contribution is 5.78. The lowest BCUT2D eigenvalue weighted by molar-refractivity contribution is 0.222. The fourth-order valence-electron chi connectivity index (χ4n) is 4.60. The summed E-state index contributed by atoms with van der Waals surface area (Å²) in [6.07, 6.45) is 9.59. The van der Waals surface area contributed by atoms with Crippen LogP contribution in [0.5, 0.6) is 0 Å². The number of benzene rings is 2. The number of likely N-dealkylation sites (tertiary alicyclic amines) is 1. The maximum absolute atomic E-state index is 4.64. The van der Waals surface area contributed by atoms with Crippen LogP contribution in [0.1, 0.15) is 36.8 Å². The van der Waals surface area contributed by atoms with Crippen LogP contribution >= 0.6 is 0 Å². The van der Waals surface area contributed by atoms with Crippen molar-refractivity contribution in [3.05, 3.63) is 59.8 Å². The predicted molar refractivity (Wildman–Crippen MR) is 110 cm³/mol. The van der Waals surface area contributed by atoms with Crippen LogP contribution in [0.25, 0.3) is 10.9 Å². The van der Waals surface area contributed by atoms with Gasteiger partial charge in [0.15, 0.2) is 0 Å². The van der Waals surface area contributed by atoms with E-state index in [0.717, 1.165) is 22.6 Å². The van der Waals surface area contributed by atoms with Gasteiger partial charge in [0.1, 0.15) is 0 Å². The highest BCUT2D eigenvalue weighted by atomic mass is 15.2. The Labute approximate surface area is 160 Å². The summed E-state index contributed by atoms with van der Waals surface area (Å²) < 4.78 is 0. The Bertz CT molecular complexity index is 946. The third kappa shape index (κ3) is 3.54. The zero-order valence-corrected chi connectivity index (χ0v) is 15.7. The van der Waals surface area contributed by atoms with Crippen molar-refractivity contribution in [2.75, 3.05) is 18.4 Å². The number of nitrogens with zero attached hydrogens (tertiary/aromatic N) is 3. The van der Waals surface area contributed by atoms with Gasteiger partial charge in [0.2, 0.25) is 5.95 Å². The Kier molecular flexibility index (Phi) is 4.50. The molecule has 0 bridgehead atoms. The van der Waals surface area contributed by atoms with E-state index in [-0.39, 0.29) is 0 Å². The molecule has 0 spiro atoms. The van der Waals surface area contributed by atoms with Crippen LogP contribution in [0.3, 0.4) is 0 Å². The van der Waals surface area contributed by atoms with E-state index in [1.165, 1.54) is 62.7 Å². The normalized spacial score (nSPS) is 20.4. The van der Waals surface area contributed by atoms with E-state index >= 15 is 0 Å². The van der Waals surface area contributed by atoms with Gasteiger partial charge in [0.25, 0.3) is 0 Å². The van der Waals surface area contributed by atoms with Crippen molar-refractivity contribution >= 4 is 22.5 Å². The molecule has 1 fully saturated rings. The Balaban J connectivity index is 1.33. The highest BCUT2D eigenvalue weighted by Crippen LogP contribution is 2.28. The quantitative estimate of drug-likeness (QED) is 0.688. The first-order chi connectivity index (χ1) is 13.3. The molecular weight excluding hydrogens is 332 g/mol. The molecule has 138 valence electrons. The van der Waals surface area contributed by atoms with Gasteiger partial charge in [-0.3, -0.25) is 0 Å². The van der Waals surface area contributed by atoms with E-state index in [1.807, 2.05) is 30.5 Å². The number of hydrogen-bond donors (Lipinski definition) is 1. The lowest BCUT2D eigenvalue weighted by Gasteiger charge is -2.25. The molecule has 2 heterocycles. The van der Waals surface area contributed by atoms with Gasteiger partial charge in [-0.15, -0.1) is 0 Å². The minimum Gasteiger partial charge on any atom is -0.324 e. The van der Waals surface area contributed by atoms with Crippen molar-refractivity contribution in [3.63, 3.8) is 0 Å². The first-order valence-corrected chi connectivity index (χ1v) is 10.2. The van der Waals surface area contributed by atoms with Crippen molar-refractivity contribution in [2.45, 2.75) is 44.6 Å². The molecule has 1 aliphatic carbocycles. The van der Waals surface area contributed by atoms with Gasteiger partial charge in [-0.25, -0.2) is 9.97 Å². The molecule has 0 amide bonds. The van der Waals surface area contributed by atoms with Crippen molar-refractivity contribution in [1.29, 1.82) is 0 Å². The SMILES string of the molecule is c1ccc2nc(Nc3ccc4c(c3)CCC(N3CCCC3)CC4)ncc2c1. The monoisotopic (exact) mass is 358 g/mol. The fourth-order valence-corrected chi connectivity index (χ4v) is 4.60. The standard InChI is InChI=1S/C23H26N4/c1-2-6-22-19(5-1)16-24-23(26-22)25-20-10-7-17-8-11-21(12-9-18(17)15-20)27-13-3-4-14-27/h1-2,5-7,10,15-16,21H,3-4,8-9,11-14H2,(H,24,25,26). The third-order valence-electron chi connectivity index (χ3n) is 6.10. The summed E-state index contributed by atoms with van der Waals surface area (Å²) in [5.74, 6) is 0.664. The average molecular weight is 358 g/mol. The Morgan fingerprint density at radius 2 is 1.74 bits per heavy atom. The summed E-state index contributed by atoms with van der Waals surface area (Å²) >= 11 is 0. The van der Waals surface area contributed by atoms with Crippen LogP contribution in [-0.4, -0.2) is 34.0 Å². The van der Waals surface area contributed by atoms with E-state index < -0.39 is 0 Å². The van der Waals surface area contributed by atoms with Crippen LogP contribution in [0.2, 0.25) is 0 Å². The van der Waals surface area contributed by atoms with Crippen molar-refractivity contribution in [2.24, 2.45) is 0 Å². The van der Waals surface area contributed by atoms with Gasteiger partial charge >= 0.3 is 0 Å². The van der Waals surface area contributed by atoms with Crippen molar-refractivity contribution in [1.82, 2.24) is 14.9 Å². The molecule has 1 saturated heterocycles. The smallest absolute Gasteiger partial charge is 0.227 e. The molecule has 2 aliphatic rings. The third-order valence-corrected chi connectivity index (χ3v) is 6.10.